The summed E-state index contributed by atoms with van der Waals surface area (Å²) in [5.41, 5.74) is 3.19. The SMILES string of the molecule is O=C(COc1ccc2c(c1)NC(=O)CC2)Nc1cccc(N2CCCC2=O)c1. The number of anilines is 3. The Morgan fingerprint density at radius 3 is 2.82 bits per heavy atom. The van der Waals surface area contributed by atoms with Crippen LogP contribution >= 0.6 is 0 Å². The summed E-state index contributed by atoms with van der Waals surface area (Å²) in [6.07, 6.45) is 2.60. The van der Waals surface area contributed by atoms with Gasteiger partial charge in [0.15, 0.2) is 6.61 Å². The van der Waals surface area contributed by atoms with Gasteiger partial charge in [0.1, 0.15) is 5.75 Å². The van der Waals surface area contributed by atoms with Crippen LogP contribution in [0.4, 0.5) is 17.1 Å². The minimum Gasteiger partial charge on any atom is -0.484 e. The molecule has 0 bridgehead atoms. The number of hydrogen-bond donors (Lipinski definition) is 2. The minimum absolute atomic E-state index is 0.0150. The number of hydrogen-bond acceptors (Lipinski definition) is 4. The molecular formula is C21H21N3O4. The Hall–Kier alpha value is -3.35. The molecule has 2 N–H and O–H groups in total. The predicted molar refractivity (Wildman–Crippen MR) is 106 cm³/mol. The molecule has 1 fully saturated rings. The van der Waals surface area contributed by atoms with Gasteiger partial charge < -0.3 is 20.3 Å². The molecule has 144 valence electrons. The Kier molecular flexibility index (Phi) is 4.97. The lowest BCUT2D eigenvalue weighted by molar-refractivity contribution is -0.118. The Morgan fingerprint density at radius 2 is 2.00 bits per heavy atom. The summed E-state index contributed by atoms with van der Waals surface area (Å²) < 4.78 is 5.56. The van der Waals surface area contributed by atoms with Crippen molar-refractivity contribution in [3.05, 3.63) is 48.0 Å². The van der Waals surface area contributed by atoms with Crippen molar-refractivity contribution in [2.45, 2.75) is 25.7 Å². The molecule has 4 rings (SSSR count). The van der Waals surface area contributed by atoms with E-state index in [0.29, 0.717) is 37.2 Å². The average Bonchev–Trinajstić information content (AvgIpc) is 3.12. The maximum Gasteiger partial charge on any atom is 0.262 e. The smallest absolute Gasteiger partial charge is 0.262 e. The van der Waals surface area contributed by atoms with E-state index < -0.39 is 0 Å². The highest BCUT2D eigenvalue weighted by atomic mass is 16.5. The van der Waals surface area contributed by atoms with Crippen LogP contribution in [0.15, 0.2) is 42.5 Å². The summed E-state index contributed by atoms with van der Waals surface area (Å²) in [6.45, 7) is 0.549. The molecule has 1 saturated heterocycles. The first kappa shape index (κ1) is 18.0. The third-order valence-corrected chi connectivity index (χ3v) is 4.86. The predicted octanol–water partition coefficient (Wildman–Crippen LogP) is 2.72. The molecule has 2 aliphatic rings. The molecule has 0 aromatic heterocycles. The summed E-state index contributed by atoms with van der Waals surface area (Å²) in [4.78, 5) is 37.4. The molecule has 3 amide bonds. The first-order chi connectivity index (χ1) is 13.6. The molecule has 7 nitrogen and oxygen atoms in total. The fraction of sp³-hybridized carbons (Fsp3) is 0.286. The molecule has 2 aromatic carbocycles. The van der Waals surface area contributed by atoms with Crippen molar-refractivity contribution in [2.75, 3.05) is 28.7 Å². The number of carbonyl (C=O) groups is 3. The highest BCUT2D eigenvalue weighted by molar-refractivity contribution is 5.97. The van der Waals surface area contributed by atoms with E-state index in [1.165, 1.54) is 0 Å². The molecule has 0 spiro atoms. The summed E-state index contributed by atoms with van der Waals surface area (Å²) in [6, 6.07) is 12.7. The molecule has 28 heavy (non-hydrogen) atoms. The summed E-state index contributed by atoms with van der Waals surface area (Å²) in [5.74, 6) is 0.309. The van der Waals surface area contributed by atoms with Gasteiger partial charge in [-0.3, -0.25) is 14.4 Å². The van der Waals surface area contributed by atoms with E-state index in [4.69, 9.17) is 4.74 Å². The van der Waals surface area contributed by atoms with E-state index in [1.807, 2.05) is 18.2 Å². The van der Waals surface area contributed by atoms with Crippen LogP contribution in [-0.4, -0.2) is 30.9 Å². The molecule has 0 saturated carbocycles. The van der Waals surface area contributed by atoms with Crippen molar-refractivity contribution in [1.82, 2.24) is 0 Å². The quantitative estimate of drug-likeness (QED) is 0.836. The van der Waals surface area contributed by atoms with Gasteiger partial charge in [-0.15, -0.1) is 0 Å². The lowest BCUT2D eigenvalue weighted by Gasteiger charge is -2.18. The van der Waals surface area contributed by atoms with Crippen LogP contribution in [0.1, 0.15) is 24.8 Å². The second kappa shape index (κ2) is 7.72. The van der Waals surface area contributed by atoms with Crippen molar-refractivity contribution >= 4 is 34.8 Å². The van der Waals surface area contributed by atoms with E-state index in [1.54, 1.807) is 29.2 Å². The molecule has 2 aliphatic heterocycles. The zero-order valence-electron chi connectivity index (χ0n) is 15.4. The monoisotopic (exact) mass is 379 g/mol. The maximum atomic E-state index is 12.2. The first-order valence-corrected chi connectivity index (χ1v) is 9.34. The van der Waals surface area contributed by atoms with Crippen molar-refractivity contribution < 1.29 is 19.1 Å². The Balaban J connectivity index is 1.35. The van der Waals surface area contributed by atoms with Crippen LogP contribution in [0.2, 0.25) is 0 Å². The number of benzene rings is 2. The minimum atomic E-state index is -0.299. The largest absolute Gasteiger partial charge is 0.484 e. The van der Waals surface area contributed by atoms with Crippen LogP contribution in [0, 0.1) is 0 Å². The first-order valence-electron chi connectivity index (χ1n) is 9.34. The third kappa shape index (κ3) is 3.98. The van der Waals surface area contributed by atoms with Gasteiger partial charge in [-0.2, -0.15) is 0 Å². The van der Waals surface area contributed by atoms with Gasteiger partial charge in [0.25, 0.3) is 5.91 Å². The van der Waals surface area contributed by atoms with Crippen molar-refractivity contribution in [2.24, 2.45) is 0 Å². The van der Waals surface area contributed by atoms with E-state index in [9.17, 15) is 14.4 Å². The van der Waals surface area contributed by atoms with Gasteiger partial charge in [-0.05, 0) is 42.7 Å². The van der Waals surface area contributed by atoms with Gasteiger partial charge in [0.2, 0.25) is 11.8 Å². The number of fused-ring (bicyclic) bond motifs is 1. The summed E-state index contributed by atoms with van der Waals surface area (Å²) in [7, 11) is 0. The number of aryl methyl sites for hydroxylation is 1. The number of rotatable bonds is 5. The zero-order valence-corrected chi connectivity index (χ0v) is 15.4. The second-order valence-electron chi connectivity index (χ2n) is 6.90. The highest BCUT2D eigenvalue weighted by Gasteiger charge is 2.22. The van der Waals surface area contributed by atoms with Crippen LogP contribution in [0.5, 0.6) is 5.75 Å². The number of ether oxygens (including phenoxy) is 1. The number of nitrogens with one attached hydrogen (secondary N) is 2. The fourth-order valence-electron chi connectivity index (χ4n) is 3.46. The van der Waals surface area contributed by atoms with Crippen LogP contribution in [0.3, 0.4) is 0 Å². The maximum absolute atomic E-state index is 12.2. The number of amides is 3. The van der Waals surface area contributed by atoms with Gasteiger partial charge in [0, 0.05) is 42.5 Å². The van der Waals surface area contributed by atoms with Crippen molar-refractivity contribution in [3.63, 3.8) is 0 Å². The van der Waals surface area contributed by atoms with Gasteiger partial charge in [-0.25, -0.2) is 0 Å². The summed E-state index contributed by atoms with van der Waals surface area (Å²) >= 11 is 0. The van der Waals surface area contributed by atoms with Crippen LogP contribution in [0.25, 0.3) is 0 Å². The third-order valence-electron chi connectivity index (χ3n) is 4.86. The number of carbonyl (C=O) groups excluding carboxylic acids is 3. The van der Waals surface area contributed by atoms with Gasteiger partial charge >= 0.3 is 0 Å². The van der Waals surface area contributed by atoms with E-state index in [2.05, 4.69) is 10.6 Å². The molecular weight excluding hydrogens is 358 g/mol. The molecule has 0 radical (unpaired) electrons. The Labute approximate surface area is 162 Å². The standard InChI is InChI=1S/C21H21N3O4/c25-19-9-7-14-6-8-17(12-18(14)23-19)28-13-20(26)22-15-3-1-4-16(11-15)24-10-2-5-21(24)27/h1,3-4,6,8,11-12H,2,5,7,9-10,13H2,(H,22,26)(H,23,25). The average molecular weight is 379 g/mol. The molecule has 2 heterocycles. The van der Waals surface area contributed by atoms with Gasteiger partial charge in [-0.1, -0.05) is 12.1 Å². The Morgan fingerprint density at radius 1 is 1.11 bits per heavy atom. The molecule has 0 aliphatic carbocycles. The lowest BCUT2D eigenvalue weighted by Crippen LogP contribution is -2.24. The fourth-order valence-corrected chi connectivity index (χ4v) is 3.46. The van der Waals surface area contributed by atoms with E-state index in [0.717, 1.165) is 23.4 Å². The highest BCUT2D eigenvalue weighted by Crippen LogP contribution is 2.27. The second-order valence-corrected chi connectivity index (χ2v) is 6.90. The van der Waals surface area contributed by atoms with Crippen molar-refractivity contribution in [3.8, 4) is 5.75 Å². The molecule has 7 heteroatoms. The Bertz CT molecular complexity index is 941. The van der Waals surface area contributed by atoms with Gasteiger partial charge in [0.05, 0.1) is 0 Å². The molecule has 2 aromatic rings. The van der Waals surface area contributed by atoms with E-state index >= 15 is 0 Å². The molecule has 0 unspecified atom stereocenters. The van der Waals surface area contributed by atoms with E-state index in [-0.39, 0.29) is 24.3 Å². The normalized spacial score (nSPS) is 15.8. The summed E-state index contributed by atoms with van der Waals surface area (Å²) in [5, 5.41) is 5.60. The lowest BCUT2D eigenvalue weighted by atomic mass is 10.0. The van der Waals surface area contributed by atoms with Crippen molar-refractivity contribution in [1.29, 1.82) is 0 Å². The zero-order chi connectivity index (χ0) is 19.5. The number of nitrogens with zero attached hydrogens (tertiary/aromatic N) is 1. The topological polar surface area (TPSA) is 87.7 Å². The van der Waals surface area contributed by atoms with Crippen LogP contribution < -0.4 is 20.3 Å². The van der Waals surface area contributed by atoms with Crippen LogP contribution in [-0.2, 0) is 20.8 Å². The molecule has 0 atom stereocenters.